The highest BCUT2D eigenvalue weighted by Crippen LogP contribution is 2.32. The summed E-state index contributed by atoms with van der Waals surface area (Å²) in [6.07, 6.45) is 3.59. The maximum Gasteiger partial charge on any atom is 0.0739 e. The van der Waals surface area contributed by atoms with Gasteiger partial charge in [0.05, 0.1) is 11.1 Å². The molecule has 0 spiro atoms. The van der Waals surface area contributed by atoms with Crippen LogP contribution in [0.1, 0.15) is 22.7 Å². The van der Waals surface area contributed by atoms with Crippen LogP contribution in [0.15, 0.2) is 41.1 Å². The first-order valence-corrected chi connectivity index (χ1v) is 6.62. The van der Waals surface area contributed by atoms with E-state index in [1.54, 1.807) is 12.4 Å². The molecule has 0 amide bonds. The van der Waals surface area contributed by atoms with E-state index in [4.69, 9.17) is 17.4 Å². The minimum atomic E-state index is -0.178. The molecule has 0 saturated carbocycles. The molecule has 2 rings (SSSR count). The second-order valence-corrected chi connectivity index (χ2v) is 5.27. The first-order valence-electron chi connectivity index (χ1n) is 5.45. The number of pyridine rings is 1. The van der Waals surface area contributed by atoms with Crippen molar-refractivity contribution in [2.24, 2.45) is 5.84 Å². The summed E-state index contributed by atoms with van der Waals surface area (Å²) < 4.78 is 0.850. The van der Waals surface area contributed by atoms with E-state index in [-0.39, 0.29) is 6.04 Å². The van der Waals surface area contributed by atoms with Gasteiger partial charge >= 0.3 is 0 Å². The third-order valence-corrected chi connectivity index (χ3v) is 4.00. The molecule has 1 atom stereocenters. The van der Waals surface area contributed by atoms with Crippen LogP contribution >= 0.6 is 27.5 Å². The van der Waals surface area contributed by atoms with Crippen molar-refractivity contribution < 1.29 is 0 Å². The van der Waals surface area contributed by atoms with Crippen molar-refractivity contribution in [1.29, 1.82) is 0 Å². The Hall–Kier alpha value is -0.940. The average Bonchev–Trinajstić information content (AvgIpc) is 2.35. The molecule has 1 aromatic heterocycles. The highest BCUT2D eigenvalue weighted by molar-refractivity contribution is 9.10. The summed E-state index contributed by atoms with van der Waals surface area (Å²) in [6, 6.07) is 7.63. The van der Waals surface area contributed by atoms with Gasteiger partial charge in [-0.15, -0.1) is 0 Å². The van der Waals surface area contributed by atoms with E-state index in [0.29, 0.717) is 5.02 Å². The van der Waals surface area contributed by atoms with Crippen LogP contribution in [0, 0.1) is 6.92 Å². The molecule has 18 heavy (non-hydrogen) atoms. The number of nitrogens with one attached hydrogen (secondary N) is 1. The lowest BCUT2D eigenvalue weighted by molar-refractivity contribution is 0.634. The van der Waals surface area contributed by atoms with Crippen LogP contribution in [0.3, 0.4) is 0 Å². The SMILES string of the molecule is Cc1cncc(C(NN)c2cccc(Br)c2Cl)c1. The summed E-state index contributed by atoms with van der Waals surface area (Å²) in [6.45, 7) is 1.99. The molecule has 1 aromatic carbocycles. The molecule has 3 nitrogen and oxygen atoms in total. The molecule has 1 heterocycles. The highest BCUT2D eigenvalue weighted by atomic mass is 79.9. The summed E-state index contributed by atoms with van der Waals surface area (Å²) in [4.78, 5) is 4.18. The zero-order valence-corrected chi connectivity index (χ0v) is 12.2. The van der Waals surface area contributed by atoms with Gasteiger partial charge in [0.25, 0.3) is 0 Å². The maximum atomic E-state index is 6.29. The van der Waals surface area contributed by atoms with Gasteiger partial charge in [-0.2, -0.15) is 0 Å². The van der Waals surface area contributed by atoms with E-state index in [0.717, 1.165) is 21.2 Å². The van der Waals surface area contributed by atoms with Crippen molar-refractivity contribution in [3.05, 3.63) is 62.8 Å². The molecule has 0 saturated heterocycles. The first kappa shape index (κ1) is 13.5. The summed E-state index contributed by atoms with van der Waals surface area (Å²) >= 11 is 9.71. The van der Waals surface area contributed by atoms with Crippen LogP contribution in [0.25, 0.3) is 0 Å². The standard InChI is InChI=1S/C13H13BrClN3/c1-8-5-9(7-17-6-8)13(18-16)10-3-2-4-11(14)12(10)15/h2-7,13,18H,16H2,1H3. The fourth-order valence-corrected chi connectivity index (χ4v) is 2.46. The van der Waals surface area contributed by atoms with Crippen LogP contribution in [-0.2, 0) is 0 Å². The molecule has 0 fully saturated rings. The zero-order chi connectivity index (χ0) is 13.1. The monoisotopic (exact) mass is 325 g/mol. The molecule has 2 aromatic rings. The van der Waals surface area contributed by atoms with Crippen molar-refractivity contribution >= 4 is 27.5 Å². The van der Waals surface area contributed by atoms with Crippen LogP contribution < -0.4 is 11.3 Å². The van der Waals surface area contributed by atoms with Crippen LogP contribution in [0.5, 0.6) is 0 Å². The molecule has 94 valence electrons. The van der Waals surface area contributed by atoms with Crippen molar-refractivity contribution in [3.8, 4) is 0 Å². The Balaban J connectivity index is 2.49. The van der Waals surface area contributed by atoms with Gasteiger partial charge < -0.3 is 0 Å². The number of hydrogen-bond donors (Lipinski definition) is 2. The summed E-state index contributed by atoms with van der Waals surface area (Å²) in [5, 5.41) is 0.655. The molecule has 0 aliphatic rings. The Morgan fingerprint density at radius 2 is 2.17 bits per heavy atom. The molecular formula is C13H13BrClN3. The molecule has 1 unspecified atom stereocenters. The Labute approximate surface area is 119 Å². The number of aromatic nitrogens is 1. The van der Waals surface area contributed by atoms with E-state index in [1.807, 2.05) is 31.2 Å². The summed E-state index contributed by atoms with van der Waals surface area (Å²) in [5.74, 6) is 5.65. The minimum absolute atomic E-state index is 0.178. The predicted octanol–water partition coefficient (Wildman–Crippen LogP) is 3.36. The summed E-state index contributed by atoms with van der Waals surface area (Å²) in [7, 11) is 0. The smallest absolute Gasteiger partial charge is 0.0739 e. The van der Waals surface area contributed by atoms with Crippen LogP contribution in [0.4, 0.5) is 0 Å². The number of aryl methyl sites for hydroxylation is 1. The Morgan fingerprint density at radius 3 is 2.83 bits per heavy atom. The fourth-order valence-electron chi connectivity index (χ4n) is 1.85. The third-order valence-electron chi connectivity index (χ3n) is 2.69. The number of nitrogens with zero attached hydrogens (tertiary/aromatic N) is 1. The maximum absolute atomic E-state index is 6.29. The fraction of sp³-hybridized carbons (Fsp3) is 0.154. The number of benzene rings is 1. The van der Waals surface area contributed by atoms with E-state index < -0.39 is 0 Å². The Morgan fingerprint density at radius 1 is 1.39 bits per heavy atom. The largest absolute Gasteiger partial charge is 0.271 e. The number of hydrazine groups is 1. The lowest BCUT2D eigenvalue weighted by Crippen LogP contribution is -2.29. The van der Waals surface area contributed by atoms with Crippen molar-refractivity contribution in [1.82, 2.24) is 10.4 Å². The number of rotatable bonds is 3. The van der Waals surface area contributed by atoms with Gasteiger partial charge in [0, 0.05) is 16.9 Å². The zero-order valence-electron chi connectivity index (χ0n) is 9.82. The van der Waals surface area contributed by atoms with Crippen molar-refractivity contribution in [3.63, 3.8) is 0 Å². The first-order chi connectivity index (χ1) is 8.63. The molecule has 0 aliphatic heterocycles. The van der Waals surface area contributed by atoms with Crippen molar-refractivity contribution in [2.75, 3.05) is 0 Å². The van der Waals surface area contributed by atoms with Crippen LogP contribution in [-0.4, -0.2) is 4.98 Å². The average molecular weight is 327 g/mol. The predicted molar refractivity (Wildman–Crippen MR) is 77.3 cm³/mol. The van der Waals surface area contributed by atoms with Crippen LogP contribution in [0.2, 0.25) is 5.02 Å². The summed E-state index contributed by atoms with van der Waals surface area (Å²) in [5.41, 5.74) is 5.77. The van der Waals surface area contributed by atoms with E-state index in [2.05, 4.69) is 26.3 Å². The molecule has 0 bridgehead atoms. The molecule has 0 aliphatic carbocycles. The third kappa shape index (κ3) is 2.72. The Kier molecular flexibility index (Phi) is 4.35. The van der Waals surface area contributed by atoms with E-state index in [1.165, 1.54) is 0 Å². The highest BCUT2D eigenvalue weighted by Gasteiger charge is 2.17. The minimum Gasteiger partial charge on any atom is -0.271 e. The molecule has 5 heteroatoms. The second kappa shape index (κ2) is 5.80. The number of nitrogens with two attached hydrogens (primary N) is 1. The van der Waals surface area contributed by atoms with Gasteiger partial charge in [-0.05, 0) is 45.6 Å². The number of halogens is 2. The number of hydrogen-bond acceptors (Lipinski definition) is 3. The van der Waals surface area contributed by atoms with Gasteiger partial charge in [0.1, 0.15) is 0 Å². The quantitative estimate of drug-likeness (QED) is 0.672. The molecular weight excluding hydrogens is 314 g/mol. The Bertz CT molecular complexity index is 560. The van der Waals surface area contributed by atoms with Crippen molar-refractivity contribution in [2.45, 2.75) is 13.0 Å². The van der Waals surface area contributed by atoms with E-state index in [9.17, 15) is 0 Å². The topological polar surface area (TPSA) is 50.9 Å². The van der Waals surface area contributed by atoms with Gasteiger partial charge in [0.15, 0.2) is 0 Å². The van der Waals surface area contributed by atoms with Gasteiger partial charge in [-0.3, -0.25) is 10.8 Å². The molecule has 0 radical (unpaired) electrons. The second-order valence-electron chi connectivity index (χ2n) is 4.04. The van der Waals surface area contributed by atoms with Gasteiger partial charge in [0.2, 0.25) is 0 Å². The van der Waals surface area contributed by atoms with E-state index >= 15 is 0 Å². The normalized spacial score (nSPS) is 12.4. The lowest BCUT2D eigenvalue weighted by Gasteiger charge is -2.18. The van der Waals surface area contributed by atoms with Gasteiger partial charge in [-0.1, -0.05) is 29.8 Å². The van der Waals surface area contributed by atoms with Gasteiger partial charge in [-0.25, -0.2) is 5.43 Å². The molecule has 3 N–H and O–H groups in total. The lowest BCUT2D eigenvalue weighted by atomic mass is 10.00.